The van der Waals surface area contributed by atoms with Crippen LogP contribution in [-0.2, 0) is 117 Å². The second-order valence-corrected chi connectivity index (χ2v) is 9.28. The topological polar surface area (TPSA) is 339 Å². The van der Waals surface area contributed by atoms with Crippen LogP contribution in [0.3, 0.4) is 0 Å². The van der Waals surface area contributed by atoms with Gasteiger partial charge in [0.05, 0.1) is 0 Å². The van der Waals surface area contributed by atoms with Gasteiger partial charge in [0.25, 0.3) is 0 Å². The van der Waals surface area contributed by atoms with Crippen molar-refractivity contribution in [2.75, 3.05) is 0 Å². The summed E-state index contributed by atoms with van der Waals surface area (Å²) in [5, 5.41) is 16.8. The molecule has 5 heterocycles. The Kier molecular flexibility index (Phi) is 13.7. The van der Waals surface area contributed by atoms with Crippen LogP contribution in [0.25, 0.3) is 0 Å². The third kappa shape index (κ3) is 15.6. The molecule has 0 saturated carbocycles. The van der Waals surface area contributed by atoms with Crippen LogP contribution in [0.4, 0.5) is 0 Å². The van der Waals surface area contributed by atoms with Crippen molar-refractivity contribution < 1.29 is 142 Å². The number of phosphoric acid groups is 5. The molecule has 0 spiro atoms. The Hall–Kier alpha value is 1.09. The molecule has 25 nitrogen and oxygen atoms in total. The molecule has 0 aliphatic carbocycles. The molecular formula is O25P5Ta. The van der Waals surface area contributed by atoms with Crippen LogP contribution in [0.5, 0.6) is 0 Å². The second kappa shape index (κ2) is 13.3. The summed E-state index contributed by atoms with van der Waals surface area (Å²) in [6.07, 6.45) is 0. The van der Waals surface area contributed by atoms with Crippen molar-refractivity contribution in [2.45, 2.75) is 0 Å². The molecule has 0 radical (unpaired) electrons. The normalized spacial score (nSPS) is 27.9. The van der Waals surface area contributed by atoms with Gasteiger partial charge in [-0.15, -0.1) is 46.7 Å². The van der Waals surface area contributed by atoms with E-state index < -0.39 is 39.1 Å². The summed E-state index contributed by atoms with van der Waals surface area (Å²) >= 11 is 0. The minimum atomic E-state index is -3.94. The van der Waals surface area contributed by atoms with Crippen LogP contribution in [0.15, 0.2) is 0 Å². The Morgan fingerprint density at radius 1 is 0.323 bits per heavy atom. The fraction of sp³-hybridized carbons (Fsp3) is 0. The van der Waals surface area contributed by atoms with Crippen molar-refractivity contribution in [1.29, 1.82) is 0 Å². The van der Waals surface area contributed by atoms with E-state index in [0.717, 1.165) is 0 Å². The van der Waals surface area contributed by atoms with Crippen molar-refractivity contribution in [3.63, 3.8) is 0 Å². The van der Waals surface area contributed by atoms with Gasteiger partial charge in [0.15, 0.2) is 0 Å². The monoisotopic (exact) mass is 736 g/mol. The van der Waals surface area contributed by atoms with Gasteiger partial charge in [0, 0.05) is 0 Å². The summed E-state index contributed by atoms with van der Waals surface area (Å²) in [5.41, 5.74) is 0. The number of rotatable bonds is 0. The van der Waals surface area contributed by atoms with Gasteiger partial charge in [0.1, 0.15) is 0 Å². The fourth-order valence-electron chi connectivity index (χ4n) is 0.401. The van der Waals surface area contributed by atoms with E-state index in [-0.39, 0.29) is 22.4 Å². The molecule has 0 aromatic rings. The zero-order chi connectivity index (χ0) is 23.1. The van der Waals surface area contributed by atoms with E-state index in [2.05, 4.69) is 71.9 Å². The minimum Gasteiger partial charge on any atom is -0.753 e. The Morgan fingerprint density at radius 3 is 0.387 bits per heavy atom. The van der Waals surface area contributed by atoms with Gasteiger partial charge in [-0.3, -0.25) is 22.8 Å². The predicted molar refractivity (Wildman–Crippen MR) is 54.3 cm³/mol. The molecule has 5 fully saturated rings. The molecule has 31 heteroatoms. The standard InChI is InChI=1S/5HO5P.Ta/c5*1-6(2)4-3-5-6;/h5*(H,1,2);/q;;;;;+5/p-5. The Bertz CT molecular complexity index is 588. The predicted octanol–water partition coefficient (Wildman–Crippen LogP) is -3.26. The molecular weight excluding hydrogens is 736 g/mol. The zero-order valence-electron chi connectivity index (χ0n) is 12.9. The number of hydrogen-bond donors (Lipinski definition) is 0. The van der Waals surface area contributed by atoms with Crippen molar-refractivity contribution in [3.8, 4) is 0 Å². The van der Waals surface area contributed by atoms with E-state index in [1.54, 1.807) is 0 Å². The van der Waals surface area contributed by atoms with Crippen molar-refractivity contribution in [1.82, 2.24) is 0 Å². The van der Waals surface area contributed by atoms with Gasteiger partial charge >= 0.3 is 61.5 Å². The molecule has 0 unspecified atom stereocenters. The van der Waals surface area contributed by atoms with Crippen LogP contribution in [-0.4, -0.2) is 0 Å². The Labute approximate surface area is 181 Å². The van der Waals surface area contributed by atoms with E-state index >= 15 is 0 Å². The van der Waals surface area contributed by atoms with Crippen LogP contribution < -0.4 is 24.5 Å². The molecule has 5 rings (SSSR count). The minimum absolute atomic E-state index is 0. The van der Waals surface area contributed by atoms with Gasteiger partial charge in [-0.2, -0.15) is 0 Å². The van der Waals surface area contributed by atoms with Gasteiger partial charge in [-0.05, 0) is 0 Å². The van der Waals surface area contributed by atoms with Gasteiger partial charge in [-0.25, -0.2) is 0 Å². The first-order chi connectivity index (χ1) is 13.5. The molecule has 5 aliphatic heterocycles. The zero-order valence-corrected chi connectivity index (χ0v) is 20.6. The maximum atomic E-state index is 9.55. The van der Waals surface area contributed by atoms with Crippen molar-refractivity contribution in [3.05, 3.63) is 0 Å². The third-order valence-electron chi connectivity index (χ3n) is 1.22. The van der Waals surface area contributed by atoms with E-state index in [0.29, 0.717) is 0 Å². The second-order valence-electron chi connectivity index (χ2n) is 3.32. The smallest absolute Gasteiger partial charge is 0.753 e. The Morgan fingerprint density at radius 2 is 0.387 bits per heavy atom. The van der Waals surface area contributed by atoms with Gasteiger partial charge in [-0.1, -0.05) is 25.2 Å². The van der Waals surface area contributed by atoms with Crippen molar-refractivity contribution >= 4 is 39.1 Å². The van der Waals surface area contributed by atoms with Crippen LogP contribution in [0.1, 0.15) is 0 Å². The third-order valence-corrected chi connectivity index (χ3v) is 3.65. The molecule has 0 bridgehead atoms. The van der Waals surface area contributed by atoms with Gasteiger partial charge < -0.3 is 24.5 Å². The first kappa shape index (κ1) is 32.1. The van der Waals surface area contributed by atoms with E-state index in [4.69, 9.17) is 0 Å². The first-order valence-corrected chi connectivity index (χ1v) is 12.6. The molecule has 31 heavy (non-hydrogen) atoms. The molecule has 0 amide bonds. The average molecular weight is 736 g/mol. The van der Waals surface area contributed by atoms with Crippen LogP contribution in [0.2, 0.25) is 0 Å². The van der Waals surface area contributed by atoms with Gasteiger partial charge in [0.2, 0.25) is 0 Å². The van der Waals surface area contributed by atoms with Crippen molar-refractivity contribution in [2.24, 2.45) is 0 Å². The largest absolute Gasteiger partial charge is 5.00 e. The molecule has 0 atom stereocenters. The molecule has 0 aromatic carbocycles. The maximum Gasteiger partial charge on any atom is 5.00 e. The summed E-state index contributed by atoms with van der Waals surface area (Å²) in [4.78, 5) is 47.7. The van der Waals surface area contributed by atoms with E-state index in [1.807, 2.05) is 0 Å². The fourth-order valence-corrected chi connectivity index (χ4v) is 1.20. The molecule has 5 saturated heterocycles. The molecule has 0 N–H and O–H groups in total. The number of hydrogen-bond acceptors (Lipinski definition) is 25. The SMILES string of the molecule is O=P1([O-])OOO1.O=P1([O-])OOO1.O=P1([O-])OOO1.O=P1([O-])OOO1.O=P1([O-])OOO1.[Ta+5]. The van der Waals surface area contributed by atoms with E-state index in [1.165, 1.54) is 0 Å². The first-order valence-electron chi connectivity index (χ1n) is 5.32. The van der Waals surface area contributed by atoms with Crippen LogP contribution >= 0.6 is 39.1 Å². The summed E-state index contributed by atoms with van der Waals surface area (Å²) in [6.45, 7) is 0. The molecule has 180 valence electrons. The summed E-state index contributed by atoms with van der Waals surface area (Å²) in [6, 6.07) is 0. The summed E-state index contributed by atoms with van der Waals surface area (Å²) in [7, 11) is -19.7. The average Bonchev–Trinajstić information content (AvgIpc) is 2.51. The molecule has 0 aromatic heterocycles. The maximum absolute atomic E-state index is 9.55. The molecule has 5 aliphatic rings. The quantitative estimate of drug-likeness (QED) is 0.174. The Balaban J connectivity index is 0.000000360. The van der Waals surface area contributed by atoms with Crippen LogP contribution in [0, 0.1) is 0 Å². The van der Waals surface area contributed by atoms with E-state index in [9.17, 15) is 47.3 Å². The summed E-state index contributed by atoms with van der Waals surface area (Å²) in [5.74, 6) is 0. The summed E-state index contributed by atoms with van der Waals surface area (Å²) < 4.78 is 81.7.